The van der Waals surface area contributed by atoms with Gasteiger partial charge in [-0.3, -0.25) is 9.48 Å². The third kappa shape index (κ3) is 3.37. The number of ether oxygens (including phenoxy) is 2. The summed E-state index contributed by atoms with van der Waals surface area (Å²) >= 11 is 0. The summed E-state index contributed by atoms with van der Waals surface area (Å²) in [7, 11) is 1.81. The second-order valence-corrected chi connectivity index (χ2v) is 6.81. The highest BCUT2D eigenvalue weighted by atomic mass is 16.6. The van der Waals surface area contributed by atoms with Crippen LogP contribution in [0.25, 0.3) is 0 Å². The largest absolute Gasteiger partial charge is 0.472 e. The number of carbonyl (C=O) groups is 1. The minimum Gasteiger partial charge on any atom is -0.472 e. The lowest BCUT2D eigenvalue weighted by Gasteiger charge is -2.39. The summed E-state index contributed by atoms with van der Waals surface area (Å²) < 4.78 is 13.7. The fourth-order valence-corrected chi connectivity index (χ4v) is 3.71. The van der Waals surface area contributed by atoms with E-state index in [1.807, 2.05) is 30.1 Å². The fourth-order valence-electron chi connectivity index (χ4n) is 3.71. The topological polar surface area (TPSA) is 69.5 Å². The Balaban J connectivity index is 1.41. The van der Waals surface area contributed by atoms with Crippen molar-refractivity contribution in [1.82, 2.24) is 19.7 Å². The summed E-state index contributed by atoms with van der Waals surface area (Å²) in [6.07, 6.45) is 6.12. The zero-order valence-electron chi connectivity index (χ0n) is 14.3. The van der Waals surface area contributed by atoms with Gasteiger partial charge in [-0.15, -0.1) is 0 Å². The van der Waals surface area contributed by atoms with Crippen molar-refractivity contribution in [3.63, 3.8) is 0 Å². The van der Waals surface area contributed by atoms with Crippen LogP contribution in [-0.4, -0.2) is 57.0 Å². The van der Waals surface area contributed by atoms with E-state index in [1.54, 1.807) is 23.1 Å². The van der Waals surface area contributed by atoms with Gasteiger partial charge in [0, 0.05) is 38.5 Å². The Morgan fingerprint density at radius 1 is 1.40 bits per heavy atom. The van der Waals surface area contributed by atoms with Gasteiger partial charge in [0.25, 0.3) is 5.91 Å². The average Bonchev–Trinajstić information content (AvgIpc) is 3.22. The third-order valence-electron chi connectivity index (χ3n) is 4.86. The molecule has 1 spiro atoms. The minimum atomic E-state index is -0.317. The number of aryl methyl sites for hydroxylation is 1. The Morgan fingerprint density at radius 2 is 2.32 bits per heavy atom. The molecule has 7 nitrogen and oxygen atoms in total. The van der Waals surface area contributed by atoms with Crippen molar-refractivity contribution >= 4 is 5.91 Å². The maximum Gasteiger partial charge on any atom is 0.274 e. The number of aromatic nitrogens is 3. The SMILES string of the molecule is Cn1ccc(C(=O)N2CCC[C@@]3(C[C@@H](Oc4ccccn4)CO3)C2)n1. The van der Waals surface area contributed by atoms with Crippen LogP contribution in [-0.2, 0) is 11.8 Å². The Morgan fingerprint density at radius 3 is 3.08 bits per heavy atom. The van der Waals surface area contributed by atoms with Gasteiger partial charge in [0.1, 0.15) is 11.8 Å². The summed E-state index contributed by atoms with van der Waals surface area (Å²) in [5.74, 6) is 0.586. The molecule has 0 aromatic carbocycles. The van der Waals surface area contributed by atoms with E-state index in [9.17, 15) is 4.79 Å². The number of likely N-dealkylation sites (tertiary alicyclic amines) is 1. The van der Waals surface area contributed by atoms with Gasteiger partial charge in [0.15, 0.2) is 0 Å². The zero-order valence-corrected chi connectivity index (χ0v) is 14.3. The van der Waals surface area contributed by atoms with Gasteiger partial charge in [-0.05, 0) is 25.0 Å². The Hall–Kier alpha value is -2.41. The number of amides is 1. The van der Waals surface area contributed by atoms with E-state index < -0.39 is 0 Å². The third-order valence-corrected chi connectivity index (χ3v) is 4.86. The molecule has 25 heavy (non-hydrogen) atoms. The number of carbonyl (C=O) groups excluding carboxylic acids is 1. The summed E-state index contributed by atoms with van der Waals surface area (Å²) in [4.78, 5) is 18.7. The zero-order chi connectivity index (χ0) is 17.3. The lowest BCUT2D eigenvalue weighted by molar-refractivity contribution is -0.0454. The molecule has 7 heteroatoms. The van der Waals surface area contributed by atoms with Crippen LogP contribution in [0, 0.1) is 0 Å². The summed E-state index contributed by atoms with van der Waals surface area (Å²) in [6.45, 7) is 1.86. The maximum absolute atomic E-state index is 12.7. The van der Waals surface area contributed by atoms with E-state index in [4.69, 9.17) is 9.47 Å². The highest BCUT2D eigenvalue weighted by Gasteiger charge is 2.45. The molecule has 0 N–H and O–H groups in total. The second-order valence-electron chi connectivity index (χ2n) is 6.81. The average molecular weight is 342 g/mol. The monoisotopic (exact) mass is 342 g/mol. The molecule has 0 unspecified atom stereocenters. The standard InChI is InChI=1S/C18H22N4O3/c1-21-10-6-15(20-21)17(23)22-9-4-7-18(13-22)11-14(12-24-18)25-16-5-2-3-8-19-16/h2-3,5-6,8,10,14H,4,7,9,11-13H2,1H3/t14-,18-/m1/s1. The molecular formula is C18H22N4O3. The normalized spacial score (nSPS) is 26.1. The summed E-state index contributed by atoms with van der Waals surface area (Å²) in [5, 5.41) is 4.22. The van der Waals surface area contributed by atoms with Crippen molar-refractivity contribution in [2.45, 2.75) is 31.0 Å². The highest BCUT2D eigenvalue weighted by Crippen LogP contribution is 2.36. The van der Waals surface area contributed by atoms with E-state index in [2.05, 4.69) is 10.1 Å². The molecule has 132 valence electrons. The van der Waals surface area contributed by atoms with Crippen LogP contribution in [0.3, 0.4) is 0 Å². The van der Waals surface area contributed by atoms with Gasteiger partial charge in [0.05, 0.1) is 18.8 Å². The molecule has 4 rings (SSSR count). The molecule has 1 amide bonds. The van der Waals surface area contributed by atoms with Crippen molar-refractivity contribution < 1.29 is 14.3 Å². The predicted octanol–water partition coefficient (Wildman–Crippen LogP) is 1.66. The number of nitrogens with zero attached hydrogens (tertiary/aromatic N) is 4. The van der Waals surface area contributed by atoms with Gasteiger partial charge in [-0.25, -0.2) is 4.98 Å². The number of pyridine rings is 1. The van der Waals surface area contributed by atoms with E-state index in [0.29, 0.717) is 24.7 Å². The summed E-state index contributed by atoms with van der Waals surface area (Å²) in [5.41, 5.74) is 0.168. The Kier molecular flexibility index (Phi) is 4.17. The van der Waals surface area contributed by atoms with Crippen LogP contribution < -0.4 is 4.74 Å². The van der Waals surface area contributed by atoms with Crippen LogP contribution in [0.5, 0.6) is 5.88 Å². The van der Waals surface area contributed by atoms with Crippen LogP contribution in [0.1, 0.15) is 29.8 Å². The molecule has 0 aliphatic carbocycles. The quantitative estimate of drug-likeness (QED) is 0.848. The van der Waals surface area contributed by atoms with E-state index in [1.165, 1.54) is 0 Å². The molecule has 2 aliphatic heterocycles. The number of piperidine rings is 1. The number of rotatable bonds is 3. The second kappa shape index (κ2) is 6.48. The van der Waals surface area contributed by atoms with Crippen molar-refractivity contribution in [2.24, 2.45) is 7.05 Å². The number of hydrogen-bond donors (Lipinski definition) is 0. The van der Waals surface area contributed by atoms with Gasteiger partial charge in [-0.1, -0.05) is 6.07 Å². The Bertz CT molecular complexity index is 748. The van der Waals surface area contributed by atoms with Crippen LogP contribution in [0.2, 0.25) is 0 Å². The first-order chi connectivity index (χ1) is 12.1. The lowest BCUT2D eigenvalue weighted by Crippen LogP contribution is -2.50. The molecule has 2 aliphatic rings. The van der Waals surface area contributed by atoms with Crippen molar-refractivity contribution in [1.29, 1.82) is 0 Å². The van der Waals surface area contributed by atoms with E-state index in [0.717, 1.165) is 25.8 Å². The van der Waals surface area contributed by atoms with E-state index >= 15 is 0 Å². The number of hydrogen-bond acceptors (Lipinski definition) is 5. The van der Waals surface area contributed by atoms with Gasteiger partial charge in [0.2, 0.25) is 5.88 Å². The fraction of sp³-hybridized carbons (Fsp3) is 0.500. The van der Waals surface area contributed by atoms with Crippen LogP contribution >= 0.6 is 0 Å². The molecule has 0 radical (unpaired) electrons. The Labute approximate surface area is 146 Å². The lowest BCUT2D eigenvalue weighted by atomic mass is 9.89. The van der Waals surface area contributed by atoms with Crippen molar-refractivity contribution in [3.8, 4) is 5.88 Å². The molecule has 2 fully saturated rings. The smallest absolute Gasteiger partial charge is 0.274 e. The van der Waals surface area contributed by atoms with Crippen molar-refractivity contribution in [2.75, 3.05) is 19.7 Å². The molecule has 2 aromatic heterocycles. The van der Waals surface area contributed by atoms with Crippen LogP contribution in [0.4, 0.5) is 0 Å². The first kappa shape index (κ1) is 16.1. The first-order valence-electron chi connectivity index (χ1n) is 8.64. The molecule has 2 aromatic rings. The van der Waals surface area contributed by atoms with Gasteiger partial charge >= 0.3 is 0 Å². The molecule has 4 heterocycles. The predicted molar refractivity (Wildman–Crippen MR) is 90.3 cm³/mol. The minimum absolute atomic E-state index is 0.0280. The first-order valence-corrected chi connectivity index (χ1v) is 8.64. The van der Waals surface area contributed by atoms with Gasteiger partial charge in [-0.2, -0.15) is 5.10 Å². The molecule has 0 bridgehead atoms. The van der Waals surface area contributed by atoms with Gasteiger partial charge < -0.3 is 14.4 Å². The molecular weight excluding hydrogens is 320 g/mol. The molecule has 0 saturated carbocycles. The van der Waals surface area contributed by atoms with Crippen molar-refractivity contribution in [3.05, 3.63) is 42.4 Å². The van der Waals surface area contributed by atoms with E-state index in [-0.39, 0.29) is 17.6 Å². The summed E-state index contributed by atoms with van der Waals surface area (Å²) in [6, 6.07) is 7.37. The molecule has 2 atom stereocenters. The van der Waals surface area contributed by atoms with Crippen LogP contribution in [0.15, 0.2) is 36.7 Å². The highest BCUT2D eigenvalue weighted by molar-refractivity contribution is 5.92. The maximum atomic E-state index is 12.7. The molecule has 2 saturated heterocycles.